The van der Waals surface area contributed by atoms with Crippen LogP contribution in [0.5, 0.6) is 0 Å². The SMILES string of the molecule is O=C(O)CNC1CCCNC(=O)C1. The van der Waals surface area contributed by atoms with E-state index in [0.717, 1.165) is 12.8 Å². The topological polar surface area (TPSA) is 78.4 Å². The second-order valence-electron chi connectivity index (χ2n) is 3.17. The van der Waals surface area contributed by atoms with E-state index >= 15 is 0 Å². The molecule has 1 fully saturated rings. The molecule has 0 bridgehead atoms. The molecule has 0 spiro atoms. The van der Waals surface area contributed by atoms with Gasteiger partial charge in [-0.2, -0.15) is 0 Å². The van der Waals surface area contributed by atoms with Crippen molar-refractivity contribution in [3.05, 3.63) is 0 Å². The summed E-state index contributed by atoms with van der Waals surface area (Å²) in [7, 11) is 0. The Morgan fingerprint density at radius 1 is 1.69 bits per heavy atom. The van der Waals surface area contributed by atoms with Gasteiger partial charge in [0.1, 0.15) is 0 Å². The van der Waals surface area contributed by atoms with Gasteiger partial charge in [-0.25, -0.2) is 0 Å². The van der Waals surface area contributed by atoms with Gasteiger partial charge in [-0.1, -0.05) is 0 Å². The van der Waals surface area contributed by atoms with Crippen LogP contribution < -0.4 is 10.6 Å². The molecule has 1 aliphatic heterocycles. The fourth-order valence-corrected chi connectivity index (χ4v) is 1.38. The molecule has 0 aromatic rings. The predicted octanol–water partition coefficient (Wildman–Crippen LogP) is -0.671. The van der Waals surface area contributed by atoms with E-state index in [1.165, 1.54) is 0 Å². The third-order valence-electron chi connectivity index (χ3n) is 2.03. The van der Waals surface area contributed by atoms with Crippen molar-refractivity contribution in [1.82, 2.24) is 10.6 Å². The third-order valence-corrected chi connectivity index (χ3v) is 2.03. The van der Waals surface area contributed by atoms with Crippen LogP contribution in [-0.2, 0) is 9.59 Å². The fraction of sp³-hybridized carbons (Fsp3) is 0.750. The molecule has 0 saturated carbocycles. The minimum Gasteiger partial charge on any atom is -0.480 e. The molecular weight excluding hydrogens is 172 g/mol. The molecule has 1 atom stereocenters. The molecule has 1 unspecified atom stereocenters. The van der Waals surface area contributed by atoms with Crippen LogP contribution in [0.15, 0.2) is 0 Å². The maximum atomic E-state index is 11.0. The van der Waals surface area contributed by atoms with Crippen LogP contribution >= 0.6 is 0 Å². The first kappa shape index (κ1) is 9.98. The summed E-state index contributed by atoms with van der Waals surface area (Å²) in [4.78, 5) is 21.3. The lowest BCUT2D eigenvalue weighted by Crippen LogP contribution is -2.35. The molecule has 1 heterocycles. The summed E-state index contributed by atoms with van der Waals surface area (Å²) in [5.41, 5.74) is 0. The summed E-state index contributed by atoms with van der Waals surface area (Å²) in [5, 5.41) is 14.0. The smallest absolute Gasteiger partial charge is 0.317 e. The number of carbonyl (C=O) groups is 2. The van der Waals surface area contributed by atoms with Crippen molar-refractivity contribution in [1.29, 1.82) is 0 Å². The number of carboxylic acid groups (broad SMARTS) is 1. The van der Waals surface area contributed by atoms with Crippen molar-refractivity contribution < 1.29 is 14.7 Å². The highest BCUT2D eigenvalue weighted by Crippen LogP contribution is 2.05. The predicted molar refractivity (Wildman–Crippen MR) is 46.3 cm³/mol. The van der Waals surface area contributed by atoms with Crippen molar-refractivity contribution >= 4 is 11.9 Å². The first-order valence-electron chi connectivity index (χ1n) is 4.40. The van der Waals surface area contributed by atoms with Gasteiger partial charge < -0.3 is 15.7 Å². The average molecular weight is 186 g/mol. The molecule has 1 amide bonds. The van der Waals surface area contributed by atoms with E-state index in [0.29, 0.717) is 13.0 Å². The van der Waals surface area contributed by atoms with E-state index in [2.05, 4.69) is 10.6 Å². The highest BCUT2D eigenvalue weighted by Gasteiger charge is 2.17. The molecule has 0 aromatic heterocycles. The number of hydrogen-bond donors (Lipinski definition) is 3. The summed E-state index contributed by atoms with van der Waals surface area (Å²) in [5.74, 6) is -0.884. The molecule has 0 radical (unpaired) electrons. The Bertz CT molecular complexity index is 206. The molecule has 1 saturated heterocycles. The van der Waals surface area contributed by atoms with Crippen molar-refractivity contribution in [3.63, 3.8) is 0 Å². The van der Waals surface area contributed by atoms with E-state index in [4.69, 9.17) is 5.11 Å². The highest BCUT2D eigenvalue weighted by atomic mass is 16.4. The monoisotopic (exact) mass is 186 g/mol. The lowest BCUT2D eigenvalue weighted by molar-refractivity contribution is -0.136. The van der Waals surface area contributed by atoms with Gasteiger partial charge in [-0.05, 0) is 12.8 Å². The molecule has 1 rings (SSSR count). The second-order valence-corrected chi connectivity index (χ2v) is 3.17. The summed E-state index contributed by atoms with van der Waals surface area (Å²) in [6, 6.07) is 0.0126. The number of aliphatic carboxylic acids is 1. The molecule has 1 aliphatic rings. The van der Waals surface area contributed by atoms with Crippen molar-refractivity contribution in [2.24, 2.45) is 0 Å². The van der Waals surface area contributed by atoms with Crippen LogP contribution in [0.3, 0.4) is 0 Å². The van der Waals surface area contributed by atoms with Gasteiger partial charge in [-0.3, -0.25) is 9.59 Å². The second kappa shape index (κ2) is 4.81. The first-order chi connectivity index (χ1) is 6.18. The lowest BCUT2D eigenvalue weighted by atomic mass is 10.1. The standard InChI is InChI=1S/C8H14N2O3/c11-7-4-6(2-1-3-9-7)10-5-8(12)13/h6,10H,1-5H2,(H,9,11)(H,12,13). The summed E-state index contributed by atoms with van der Waals surface area (Å²) in [6.07, 6.45) is 2.14. The molecule has 13 heavy (non-hydrogen) atoms. The number of carboxylic acids is 1. The van der Waals surface area contributed by atoms with Gasteiger partial charge in [0.05, 0.1) is 6.54 Å². The summed E-state index contributed by atoms with van der Waals surface area (Å²) in [6.45, 7) is 0.627. The van der Waals surface area contributed by atoms with E-state index in [1.54, 1.807) is 0 Å². The van der Waals surface area contributed by atoms with Crippen LogP contribution in [0.1, 0.15) is 19.3 Å². The number of hydrogen-bond acceptors (Lipinski definition) is 3. The Labute approximate surface area is 76.5 Å². The quantitative estimate of drug-likeness (QED) is 0.546. The van der Waals surface area contributed by atoms with E-state index in [-0.39, 0.29) is 18.5 Å². The Balaban J connectivity index is 2.30. The normalized spacial score (nSPS) is 23.4. The average Bonchev–Trinajstić information content (AvgIpc) is 2.26. The van der Waals surface area contributed by atoms with Crippen molar-refractivity contribution in [2.75, 3.05) is 13.1 Å². The Kier molecular flexibility index (Phi) is 3.70. The molecule has 0 aliphatic carbocycles. The van der Waals surface area contributed by atoms with Gasteiger partial charge in [0.2, 0.25) is 5.91 Å². The molecule has 5 heteroatoms. The van der Waals surface area contributed by atoms with E-state index in [9.17, 15) is 9.59 Å². The molecule has 0 aromatic carbocycles. The van der Waals surface area contributed by atoms with Gasteiger partial charge in [0.25, 0.3) is 0 Å². The van der Waals surface area contributed by atoms with Crippen LogP contribution in [0, 0.1) is 0 Å². The number of carbonyl (C=O) groups excluding carboxylic acids is 1. The highest BCUT2D eigenvalue weighted by molar-refractivity contribution is 5.77. The lowest BCUT2D eigenvalue weighted by Gasteiger charge is -2.12. The van der Waals surface area contributed by atoms with Crippen LogP contribution in [-0.4, -0.2) is 36.1 Å². The molecule has 3 N–H and O–H groups in total. The zero-order valence-corrected chi connectivity index (χ0v) is 7.38. The van der Waals surface area contributed by atoms with E-state index in [1.807, 2.05) is 0 Å². The Hall–Kier alpha value is -1.10. The summed E-state index contributed by atoms with van der Waals surface area (Å²) >= 11 is 0. The van der Waals surface area contributed by atoms with Gasteiger partial charge in [0, 0.05) is 19.0 Å². The van der Waals surface area contributed by atoms with Crippen LogP contribution in [0.4, 0.5) is 0 Å². The molecule has 74 valence electrons. The Morgan fingerprint density at radius 3 is 3.15 bits per heavy atom. The third kappa shape index (κ3) is 3.89. The maximum Gasteiger partial charge on any atom is 0.317 e. The number of rotatable bonds is 3. The number of nitrogens with one attached hydrogen (secondary N) is 2. The minimum atomic E-state index is -0.885. The van der Waals surface area contributed by atoms with Gasteiger partial charge in [-0.15, -0.1) is 0 Å². The van der Waals surface area contributed by atoms with Crippen molar-refractivity contribution in [2.45, 2.75) is 25.3 Å². The Morgan fingerprint density at radius 2 is 2.46 bits per heavy atom. The summed E-state index contributed by atoms with van der Waals surface area (Å²) < 4.78 is 0. The fourth-order valence-electron chi connectivity index (χ4n) is 1.38. The number of amides is 1. The van der Waals surface area contributed by atoms with Gasteiger partial charge in [0.15, 0.2) is 0 Å². The molecular formula is C8H14N2O3. The van der Waals surface area contributed by atoms with Crippen LogP contribution in [0.25, 0.3) is 0 Å². The largest absolute Gasteiger partial charge is 0.480 e. The first-order valence-corrected chi connectivity index (χ1v) is 4.40. The van der Waals surface area contributed by atoms with Crippen LogP contribution in [0.2, 0.25) is 0 Å². The van der Waals surface area contributed by atoms with Gasteiger partial charge >= 0.3 is 5.97 Å². The molecule has 5 nitrogen and oxygen atoms in total. The zero-order valence-electron chi connectivity index (χ0n) is 7.38. The van der Waals surface area contributed by atoms with Crippen molar-refractivity contribution in [3.8, 4) is 0 Å². The minimum absolute atomic E-state index is 0.000360. The maximum absolute atomic E-state index is 11.0. The van der Waals surface area contributed by atoms with E-state index < -0.39 is 5.97 Å². The zero-order chi connectivity index (χ0) is 9.68.